The number of carbonyl (C=O) groups is 2. The maximum atomic E-state index is 13.6. The molecule has 0 saturated heterocycles. The molecule has 0 aliphatic heterocycles. The number of carboxylic acids is 2. The number of aliphatic carboxylic acids is 2. The van der Waals surface area contributed by atoms with Crippen LogP contribution in [0.15, 0.2) is 65.6 Å². The molecule has 0 aromatic heterocycles. The molecule has 10 heteroatoms. The Hall–Kier alpha value is -4.23. The molecule has 3 aromatic carbocycles. The lowest BCUT2D eigenvalue weighted by Crippen LogP contribution is -2.37. The number of fused-ring (bicyclic) bond motifs is 1. The Morgan fingerprint density at radius 3 is 2.22 bits per heavy atom. The monoisotopic (exact) mass is 510 g/mol. The standard InChI is InChI=1S/C26H26N2O7S/c1-4-14-27(18(2)15-25(29)30)23-12-13-24(22-11-6-5-10-21(22)23)28(17-26(31)32)36(33,34)20-9-7-8-19(16-20)35-3/h1,5-13,16,18H,14-15,17H2,2-3H3,(H,29,30)(H,31,32)/t18-/m0/s1. The average Bonchev–Trinajstić information content (AvgIpc) is 2.85. The molecule has 0 bridgehead atoms. The topological polar surface area (TPSA) is 124 Å². The summed E-state index contributed by atoms with van der Waals surface area (Å²) < 4.78 is 33.2. The van der Waals surface area contributed by atoms with Crippen LogP contribution < -0.4 is 13.9 Å². The SMILES string of the molecule is C#CCN(c1ccc(N(CC(=O)O)S(=O)(=O)c2cccc(OC)c2)c2ccccc12)[C@@H](C)CC(=O)O. The number of terminal acetylenes is 1. The summed E-state index contributed by atoms with van der Waals surface area (Å²) in [5.74, 6) is 0.533. The van der Waals surface area contributed by atoms with E-state index in [0.717, 1.165) is 4.31 Å². The Kier molecular flexibility index (Phi) is 8.07. The van der Waals surface area contributed by atoms with Gasteiger partial charge in [0.15, 0.2) is 0 Å². The highest BCUT2D eigenvalue weighted by molar-refractivity contribution is 7.92. The molecule has 0 radical (unpaired) electrons. The van der Waals surface area contributed by atoms with Gasteiger partial charge in [-0.2, -0.15) is 0 Å². The van der Waals surface area contributed by atoms with Gasteiger partial charge in [0.1, 0.15) is 12.3 Å². The Morgan fingerprint density at radius 1 is 1.00 bits per heavy atom. The third-order valence-electron chi connectivity index (χ3n) is 5.63. The first-order valence-corrected chi connectivity index (χ1v) is 12.4. The highest BCUT2D eigenvalue weighted by Gasteiger charge is 2.30. The Morgan fingerprint density at radius 2 is 1.64 bits per heavy atom. The Bertz CT molecular complexity index is 1430. The van der Waals surface area contributed by atoms with Crippen molar-refractivity contribution in [3.8, 4) is 18.1 Å². The van der Waals surface area contributed by atoms with E-state index in [0.29, 0.717) is 22.2 Å². The van der Waals surface area contributed by atoms with Crippen LogP contribution in [0.2, 0.25) is 0 Å². The molecule has 0 unspecified atom stereocenters. The van der Waals surface area contributed by atoms with Crippen molar-refractivity contribution < 1.29 is 33.0 Å². The lowest BCUT2D eigenvalue weighted by Gasteiger charge is -2.31. The fourth-order valence-corrected chi connectivity index (χ4v) is 5.45. The van der Waals surface area contributed by atoms with Gasteiger partial charge in [0.2, 0.25) is 0 Å². The van der Waals surface area contributed by atoms with Gasteiger partial charge in [0.25, 0.3) is 10.0 Å². The summed E-state index contributed by atoms with van der Waals surface area (Å²) in [5, 5.41) is 19.9. The van der Waals surface area contributed by atoms with Gasteiger partial charge in [0.05, 0.1) is 30.7 Å². The maximum Gasteiger partial charge on any atom is 0.324 e. The van der Waals surface area contributed by atoms with E-state index in [-0.39, 0.29) is 23.5 Å². The van der Waals surface area contributed by atoms with Gasteiger partial charge in [-0.05, 0) is 31.2 Å². The van der Waals surface area contributed by atoms with E-state index in [2.05, 4.69) is 5.92 Å². The summed E-state index contributed by atoms with van der Waals surface area (Å²) in [6.07, 6.45) is 5.40. The van der Waals surface area contributed by atoms with Crippen LogP contribution in [0.25, 0.3) is 10.8 Å². The first-order valence-electron chi connectivity index (χ1n) is 10.9. The summed E-state index contributed by atoms with van der Waals surface area (Å²) in [7, 11) is -2.90. The fraction of sp³-hybridized carbons (Fsp3) is 0.231. The highest BCUT2D eigenvalue weighted by Crippen LogP contribution is 2.37. The summed E-state index contributed by atoms with van der Waals surface area (Å²) in [4.78, 5) is 24.7. The number of rotatable bonds is 11. The number of anilines is 2. The van der Waals surface area contributed by atoms with Gasteiger partial charge >= 0.3 is 11.9 Å². The zero-order valence-corrected chi connectivity index (χ0v) is 20.6. The molecule has 0 heterocycles. The molecule has 0 aliphatic rings. The second-order valence-electron chi connectivity index (χ2n) is 8.01. The molecule has 9 nitrogen and oxygen atoms in total. The van der Waals surface area contributed by atoms with Crippen molar-refractivity contribution in [2.45, 2.75) is 24.3 Å². The molecule has 2 N–H and O–H groups in total. The number of methoxy groups -OCH3 is 1. The van der Waals surface area contributed by atoms with E-state index in [1.807, 2.05) is 0 Å². The van der Waals surface area contributed by atoms with Crippen molar-refractivity contribution >= 4 is 44.1 Å². The molecule has 0 spiro atoms. The average molecular weight is 511 g/mol. The van der Waals surface area contributed by atoms with Crippen LogP contribution in [-0.2, 0) is 19.6 Å². The molecular weight excluding hydrogens is 484 g/mol. The minimum atomic E-state index is -4.30. The third-order valence-corrected chi connectivity index (χ3v) is 7.38. The van der Waals surface area contributed by atoms with E-state index < -0.39 is 34.5 Å². The van der Waals surface area contributed by atoms with E-state index in [4.69, 9.17) is 11.2 Å². The van der Waals surface area contributed by atoms with Crippen LogP contribution in [0, 0.1) is 12.3 Å². The molecule has 0 fully saturated rings. The Labute approximate surface area is 209 Å². The number of benzene rings is 3. The van der Waals surface area contributed by atoms with E-state index in [1.54, 1.807) is 48.2 Å². The first kappa shape index (κ1) is 26.4. The number of ether oxygens (including phenoxy) is 1. The van der Waals surface area contributed by atoms with Crippen LogP contribution >= 0.6 is 0 Å². The number of hydrogen-bond acceptors (Lipinski definition) is 6. The minimum Gasteiger partial charge on any atom is -0.497 e. The Balaban J connectivity index is 2.23. The molecule has 0 saturated carbocycles. The van der Waals surface area contributed by atoms with Gasteiger partial charge < -0.3 is 19.8 Å². The van der Waals surface area contributed by atoms with Crippen LogP contribution in [-0.4, -0.2) is 56.8 Å². The second-order valence-corrected chi connectivity index (χ2v) is 9.88. The van der Waals surface area contributed by atoms with Crippen LogP contribution in [0.1, 0.15) is 13.3 Å². The van der Waals surface area contributed by atoms with Crippen molar-refractivity contribution in [1.29, 1.82) is 0 Å². The maximum absolute atomic E-state index is 13.6. The van der Waals surface area contributed by atoms with Gasteiger partial charge in [-0.25, -0.2) is 8.42 Å². The van der Waals surface area contributed by atoms with E-state index >= 15 is 0 Å². The first-order chi connectivity index (χ1) is 17.1. The molecule has 3 rings (SSSR count). The van der Waals surface area contributed by atoms with Crippen molar-refractivity contribution in [2.75, 3.05) is 29.4 Å². The third kappa shape index (κ3) is 5.53. The molecule has 0 amide bonds. The van der Waals surface area contributed by atoms with E-state index in [9.17, 15) is 28.2 Å². The van der Waals surface area contributed by atoms with Crippen LogP contribution in [0.4, 0.5) is 11.4 Å². The molecule has 0 aliphatic carbocycles. The van der Waals surface area contributed by atoms with Crippen molar-refractivity contribution in [2.24, 2.45) is 0 Å². The van der Waals surface area contributed by atoms with Crippen LogP contribution in [0.3, 0.4) is 0 Å². The van der Waals surface area contributed by atoms with E-state index in [1.165, 1.54) is 31.4 Å². The smallest absolute Gasteiger partial charge is 0.324 e. The van der Waals surface area contributed by atoms with Gasteiger partial charge in [0, 0.05) is 28.6 Å². The van der Waals surface area contributed by atoms with Gasteiger partial charge in [-0.3, -0.25) is 13.9 Å². The largest absolute Gasteiger partial charge is 0.497 e. The fourth-order valence-electron chi connectivity index (χ4n) is 3.99. The van der Waals surface area contributed by atoms with Gasteiger partial charge in [-0.15, -0.1) is 6.42 Å². The quantitative estimate of drug-likeness (QED) is 0.376. The minimum absolute atomic E-state index is 0.124. The molecule has 1 atom stereocenters. The van der Waals surface area contributed by atoms with Gasteiger partial charge in [-0.1, -0.05) is 36.3 Å². The van der Waals surface area contributed by atoms with Crippen molar-refractivity contribution in [3.63, 3.8) is 0 Å². The highest BCUT2D eigenvalue weighted by atomic mass is 32.2. The molecule has 36 heavy (non-hydrogen) atoms. The zero-order valence-electron chi connectivity index (χ0n) is 19.8. The summed E-state index contributed by atoms with van der Waals surface area (Å²) >= 11 is 0. The number of sulfonamides is 1. The molecule has 188 valence electrons. The summed E-state index contributed by atoms with van der Waals surface area (Å²) in [6, 6.07) is 15.4. The number of hydrogen-bond donors (Lipinski definition) is 2. The lowest BCUT2D eigenvalue weighted by atomic mass is 10.0. The predicted molar refractivity (Wildman–Crippen MR) is 137 cm³/mol. The zero-order chi connectivity index (χ0) is 26.5. The summed E-state index contributed by atoms with van der Waals surface area (Å²) in [6.45, 7) is 1.04. The summed E-state index contributed by atoms with van der Waals surface area (Å²) in [5.41, 5.74) is 0.765. The number of carboxylic acid groups (broad SMARTS) is 2. The number of nitrogens with zero attached hydrogens (tertiary/aromatic N) is 2. The normalized spacial score (nSPS) is 11.9. The molecular formula is C26H26N2O7S. The predicted octanol–water partition coefficient (Wildman–Crippen LogP) is 3.43. The second kappa shape index (κ2) is 11.0. The lowest BCUT2D eigenvalue weighted by molar-refractivity contribution is -0.137. The van der Waals surface area contributed by atoms with Crippen LogP contribution in [0.5, 0.6) is 5.75 Å². The van der Waals surface area contributed by atoms with Crippen molar-refractivity contribution in [3.05, 3.63) is 60.7 Å². The van der Waals surface area contributed by atoms with Crippen molar-refractivity contribution in [1.82, 2.24) is 0 Å². The molecule has 3 aromatic rings.